The Bertz CT molecular complexity index is 1830. The summed E-state index contributed by atoms with van der Waals surface area (Å²) in [5.74, 6) is -1.38. The third kappa shape index (κ3) is 3.85. The number of ketones is 2. The number of benzene rings is 4. The van der Waals surface area contributed by atoms with E-state index < -0.39 is 29.2 Å². The Morgan fingerprint density at radius 2 is 1.63 bits per heavy atom. The number of para-hydroxylation sites is 1. The van der Waals surface area contributed by atoms with Crippen LogP contribution in [-0.4, -0.2) is 42.6 Å². The fourth-order valence-corrected chi connectivity index (χ4v) is 7.25. The summed E-state index contributed by atoms with van der Waals surface area (Å²) in [6.45, 7) is 0. The summed E-state index contributed by atoms with van der Waals surface area (Å²) in [4.78, 5) is 46.3. The number of methoxy groups -OCH3 is 2. The fourth-order valence-electron chi connectivity index (χ4n) is 7.13. The maximum Gasteiger partial charge on any atom is 0.238 e. The molecule has 7 rings (SSSR count). The van der Waals surface area contributed by atoms with E-state index in [2.05, 4.69) is 5.32 Å². The Kier molecular flexibility index (Phi) is 6.36. The highest BCUT2D eigenvalue weighted by atomic mass is 35.5. The molecule has 8 heteroatoms. The first-order valence-electron chi connectivity index (χ1n) is 13.9. The summed E-state index contributed by atoms with van der Waals surface area (Å²) < 4.78 is 11.1. The number of anilines is 1. The lowest BCUT2D eigenvalue weighted by atomic mass is 9.62. The van der Waals surface area contributed by atoms with Crippen LogP contribution in [0.3, 0.4) is 0 Å². The first-order chi connectivity index (χ1) is 20.9. The number of carbonyl (C=O) groups is 3. The lowest BCUT2D eigenvalue weighted by Crippen LogP contribution is -2.49. The number of amides is 1. The molecule has 4 atom stereocenters. The minimum atomic E-state index is -1.45. The van der Waals surface area contributed by atoms with Crippen LogP contribution in [0.1, 0.15) is 43.4 Å². The van der Waals surface area contributed by atoms with Crippen LogP contribution in [0.25, 0.3) is 6.08 Å². The van der Waals surface area contributed by atoms with Crippen LogP contribution in [0.5, 0.6) is 11.5 Å². The van der Waals surface area contributed by atoms with E-state index in [1.54, 1.807) is 42.5 Å². The van der Waals surface area contributed by atoms with Crippen LogP contribution < -0.4 is 14.8 Å². The molecule has 3 aliphatic heterocycles. The topological polar surface area (TPSA) is 84.9 Å². The molecule has 7 nitrogen and oxygen atoms in total. The Morgan fingerprint density at radius 3 is 2.40 bits per heavy atom. The van der Waals surface area contributed by atoms with Crippen LogP contribution in [0.2, 0.25) is 5.02 Å². The van der Waals surface area contributed by atoms with E-state index in [4.69, 9.17) is 21.1 Å². The highest BCUT2D eigenvalue weighted by molar-refractivity contribution is 6.30. The molecule has 0 radical (unpaired) electrons. The summed E-state index contributed by atoms with van der Waals surface area (Å²) in [6, 6.07) is 25.1. The molecule has 3 heterocycles. The zero-order valence-corrected chi connectivity index (χ0v) is 24.2. The smallest absolute Gasteiger partial charge is 0.238 e. The van der Waals surface area contributed by atoms with Gasteiger partial charge >= 0.3 is 0 Å². The van der Waals surface area contributed by atoms with Gasteiger partial charge in [0.25, 0.3) is 0 Å². The van der Waals surface area contributed by atoms with Crippen molar-refractivity contribution in [1.82, 2.24) is 4.90 Å². The Labute approximate surface area is 253 Å². The third-order valence-corrected chi connectivity index (χ3v) is 9.17. The SMILES string of the molecule is COc1ccc(OC)c(C(=O)[C@@H]2[C@@H](C(=O)c3ccc(Cl)cc3)N3C=Cc4ccccc4[C@@H]3[C@]23C(=O)Nc2ccccc23)c1. The Hall–Kier alpha value is -4.88. The largest absolute Gasteiger partial charge is 0.497 e. The third-order valence-electron chi connectivity index (χ3n) is 8.92. The van der Waals surface area contributed by atoms with Crippen LogP contribution >= 0.6 is 11.6 Å². The maximum absolute atomic E-state index is 15.1. The zero-order chi connectivity index (χ0) is 29.9. The van der Waals surface area contributed by atoms with Gasteiger partial charge in [0.05, 0.1) is 31.7 Å². The molecule has 0 aromatic heterocycles. The van der Waals surface area contributed by atoms with Crippen molar-refractivity contribution in [1.29, 1.82) is 0 Å². The first kappa shape index (κ1) is 27.0. The van der Waals surface area contributed by atoms with E-state index >= 15 is 4.79 Å². The molecule has 1 fully saturated rings. The number of nitrogens with one attached hydrogen (secondary N) is 1. The second-order valence-corrected chi connectivity index (χ2v) is 11.3. The average molecular weight is 591 g/mol. The van der Waals surface area contributed by atoms with Crippen molar-refractivity contribution < 1.29 is 23.9 Å². The molecule has 4 aromatic carbocycles. The molecule has 0 aliphatic carbocycles. The second kappa shape index (κ2) is 10.1. The number of hydrogen-bond acceptors (Lipinski definition) is 6. The lowest BCUT2D eigenvalue weighted by Gasteiger charge is -2.38. The number of Topliss-reactive ketones (excluding diaryl/α,β-unsaturated/α-hetero) is 2. The number of rotatable bonds is 6. The summed E-state index contributed by atoms with van der Waals surface area (Å²) in [7, 11) is 3.00. The zero-order valence-electron chi connectivity index (χ0n) is 23.4. The van der Waals surface area contributed by atoms with Gasteiger partial charge in [0.1, 0.15) is 23.0 Å². The van der Waals surface area contributed by atoms with Crippen molar-refractivity contribution in [3.8, 4) is 11.5 Å². The molecule has 0 saturated carbocycles. The summed E-state index contributed by atoms with van der Waals surface area (Å²) >= 11 is 6.17. The predicted molar refractivity (Wildman–Crippen MR) is 164 cm³/mol. The predicted octanol–water partition coefficient (Wildman–Crippen LogP) is 6.34. The molecule has 43 heavy (non-hydrogen) atoms. The number of fused-ring (bicyclic) bond motifs is 6. The number of halogens is 1. The molecule has 0 unspecified atom stereocenters. The summed E-state index contributed by atoms with van der Waals surface area (Å²) in [6.07, 6.45) is 3.77. The molecule has 1 spiro atoms. The van der Waals surface area contributed by atoms with E-state index in [0.29, 0.717) is 33.3 Å². The van der Waals surface area contributed by atoms with E-state index in [1.165, 1.54) is 14.2 Å². The molecule has 0 bridgehead atoms. The highest BCUT2D eigenvalue weighted by Crippen LogP contribution is 2.62. The van der Waals surface area contributed by atoms with Gasteiger partial charge in [-0.05, 0) is 71.3 Å². The standard InChI is InChI=1S/C35H27ClN2O5/c1-42-23-15-16-28(43-2)25(19-23)32(40)29-30(31(39)21-11-13-22(36)14-12-21)38-18-17-20-7-3-4-8-24(20)33(38)35(29)26-9-5-6-10-27(26)37-34(35)41/h3-19,29-30,33H,1-2H3,(H,37,41)/t29-,30-,33+,35+/m0/s1. The van der Waals surface area contributed by atoms with Crippen molar-refractivity contribution in [2.24, 2.45) is 5.92 Å². The van der Waals surface area contributed by atoms with E-state index in [9.17, 15) is 9.59 Å². The van der Waals surface area contributed by atoms with Gasteiger partial charge in [0, 0.05) is 22.5 Å². The molecule has 4 aromatic rings. The minimum Gasteiger partial charge on any atom is -0.497 e. The van der Waals surface area contributed by atoms with Gasteiger partial charge in [-0.3, -0.25) is 14.4 Å². The number of nitrogens with zero attached hydrogens (tertiary/aromatic N) is 1. The van der Waals surface area contributed by atoms with Crippen LogP contribution in [0.4, 0.5) is 5.69 Å². The van der Waals surface area contributed by atoms with Gasteiger partial charge in [-0.15, -0.1) is 0 Å². The minimum absolute atomic E-state index is 0.231. The van der Waals surface area contributed by atoms with Crippen molar-refractivity contribution in [3.05, 3.63) is 130 Å². The number of ether oxygens (including phenoxy) is 2. The van der Waals surface area contributed by atoms with Crippen LogP contribution in [0.15, 0.2) is 97.2 Å². The van der Waals surface area contributed by atoms with Gasteiger partial charge in [-0.2, -0.15) is 0 Å². The van der Waals surface area contributed by atoms with E-state index in [0.717, 1.165) is 11.1 Å². The molecular weight excluding hydrogens is 564 g/mol. The van der Waals surface area contributed by atoms with E-state index in [-0.39, 0.29) is 17.3 Å². The van der Waals surface area contributed by atoms with Crippen molar-refractivity contribution >= 4 is 40.8 Å². The summed E-state index contributed by atoms with van der Waals surface area (Å²) in [5, 5.41) is 3.55. The Morgan fingerprint density at radius 1 is 0.884 bits per heavy atom. The van der Waals surface area contributed by atoms with Gasteiger partial charge in [0.15, 0.2) is 11.6 Å². The van der Waals surface area contributed by atoms with Crippen molar-refractivity contribution in [2.75, 3.05) is 19.5 Å². The average Bonchev–Trinajstić information content (AvgIpc) is 3.52. The molecular formula is C35H27ClN2O5. The molecule has 1 saturated heterocycles. The molecule has 3 aliphatic rings. The van der Waals surface area contributed by atoms with Crippen molar-refractivity contribution in [3.63, 3.8) is 0 Å². The van der Waals surface area contributed by atoms with Gasteiger partial charge in [0.2, 0.25) is 5.91 Å². The molecule has 1 amide bonds. The maximum atomic E-state index is 15.1. The second-order valence-electron chi connectivity index (χ2n) is 10.9. The summed E-state index contributed by atoms with van der Waals surface area (Å²) in [5.41, 5.74) is 2.24. The number of hydrogen-bond donors (Lipinski definition) is 1. The van der Waals surface area contributed by atoms with Crippen LogP contribution in [-0.2, 0) is 10.2 Å². The lowest BCUT2D eigenvalue weighted by molar-refractivity contribution is -0.122. The van der Waals surface area contributed by atoms with Gasteiger partial charge < -0.3 is 19.7 Å². The number of carbonyl (C=O) groups excluding carboxylic acids is 3. The Balaban J connectivity index is 1.55. The van der Waals surface area contributed by atoms with Crippen molar-refractivity contribution in [2.45, 2.75) is 17.5 Å². The normalized spacial score (nSPS) is 22.9. The molecule has 214 valence electrons. The van der Waals surface area contributed by atoms with Crippen LogP contribution in [0, 0.1) is 5.92 Å². The van der Waals surface area contributed by atoms with Gasteiger partial charge in [-0.1, -0.05) is 54.1 Å². The fraction of sp³-hybridized carbons (Fsp3) is 0.171. The monoisotopic (exact) mass is 590 g/mol. The molecule has 1 N–H and O–H groups in total. The van der Waals surface area contributed by atoms with Gasteiger partial charge in [-0.25, -0.2) is 0 Å². The quantitative estimate of drug-likeness (QED) is 0.264. The highest BCUT2D eigenvalue weighted by Gasteiger charge is 2.70. The first-order valence-corrected chi connectivity index (χ1v) is 14.3. The van der Waals surface area contributed by atoms with E-state index in [1.807, 2.05) is 65.7 Å².